The van der Waals surface area contributed by atoms with Crippen molar-refractivity contribution < 1.29 is 29.0 Å². The Labute approximate surface area is 241 Å². The van der Waals surface area contributed by atoms with Crippen molar-refractivity contribution >= 4 is 17.9 Å². The van der Waals surface area contributed by atoms with E-state index in [4.69, 9.17) is 9.47 Å². The molecule has 0 amide bonds. The summed E-state index contributed by atoms with van der Waals surface area (Å²) >= 11 is 0. The zero-order valence-electron chi connectivity index (χ0n) is 26.3. The first kappa shape index (κ1) is 30.8. The second-order valence-electron chi connectivity index (χ2n) is 14.7. The van der Waals surface area contributed by atoms with Gasteiger partial charge in [0.25, 0.3) is 0 Å². The quantitative estimate of drug-likeness (QED) is 0.197. The molecule has 0 aromatic rings. The van der Waals surface area contributed by atoms with Crippen molar-refractivity contribution in [3.05, 3.63) is 22.8 Å². The van der Waals surface area contributed by atoms with E-state index in [9.17, 15) is 19.5 Å². The summed E-state index contributed by atoms with van der Waals surface area (Å²) in [5.74, 6) is -0.0629. The molecule has 4 rings (SSSR count). The second-order valence-corrected chi connectivity index (χ2v) is 14.7. The van der Waals surface area contributed by atoms with Gasteiger partial charge in [-0.15, -0.1) is 0 Å². The number of carbonyl (C=O) groups excluding carboxylic acids is 2. The maximum absolute atomic E-state index is 12.4. The first-order valence-corrected chi connectivity index (χ1v) is 15.5. The Hall–Kier alpha value is -2.11. The van der Waals surface area contributed by atoms with Crippen LogP contribution >= 0.6 is 0 Å². The summed E-state index contributed by atoms with van der Waals surface area (Å²) in [7, 11) is 0. The minimum absolute atomic E-state index is 0.00934. The number of esters is 2. The molecule has 0 heterocycles. The number of aliphatic carboxylic acids is 1. The third-order valence-corrected chi connectivity index (χ3v) is 12.5. The van der Waals surface area contributed by atoms with Gasteiger partial charge in [0, 0.05) is 30.3 Å². The van der Waals surface area contributed by atoms with Gasteiger partial charge in [0.1, 0.15) is 12.2 Å². The van der Waals surface area contributed by atoms with Gasteiger partial charge >= 0.3 is 17.9 Å². The largest absolute Gasteiger partial charge is 0.478 e. The van der Waals surface area contributed by atoms with E-state index in [-0.39, 0.29) is 45.8 Å². The third kappa shape index (κ3) is 4.75. The van der Waals surface area contributed by atoms with Gasteiger partial charge in [-0.25, -0.2) is 4.79 Å². The van der Waals surface area contributed by atoms with Gasteiger partial charge < -0.3 is 14.6 Å². The van der Waals surface area contributed by atoms with Crippen LogP contribution in [0.4, 0.5) is 0 Å². The van der Waals surface area contributed by atoms with Crippen molar-refractivity contribution in [3.63, 3.8) is 0 Å². The number of hydrogen-bond acceptors (Lipinski definition) is 5. The van der Waals surface area contributed by atoms with Crippen molar-refractivity contribution in [1.82, 2.24) is 0 Å². The fraction of sp³-hybridized carbons (Fsp3) is 0.794. The summed E-state index contributed by atoms with van der Waals surface area (Å²) in [6.45, 7) is 18.9. The van der Waals surface area contributed by atoms with Gasteiger partial charge in [0.05, 0.1) is 0 Å². The SMILES string of the molecule is CC(=O)OC1CCC2(C)C3=C(CCC2C1(C)C)C1(C)C(OC(C)=O)CC(C(C)CC/C=C(/C)C(=O)O)C1(C)CC3. The molecule has 4 aliphatic carbocycles. The molecule has 2 fully saturated rings. The average molecular weight is 557 g/mol. The van der Waals surface area contributed by atoms with Crippen molar-refractivity contribution in [2.24, 2.45) is 39.4 Å². The van der Waals surface area contributed by atoms with Crippen LogP contribution in [0.25, 0.3) is 0 Å². The van der Waals surface area contributed by atoms with Crippen LogP contribution < -0.4 is 0 Å². The lowest BCUT2D eigenvalue weighted by Gasteiger charge is -2.62. The molecule has 1 N–H and O–H groups in total. The normalized spacial score (nSPS) is 39.5. The molecule has 0 spiro atoms. The maximum atomic E-state index is 12.4. The van der Waals surface area contributed by atoms with Crippen molar-refractivity contribution in [2.75, 3.05) is 0 Å². The van der Waals surface area contributed by atoms with Crippen LogP contribution in [0, 0.1) is 39.4 Å². The molecule has 4 aliphatic rings. The van der Waals surface area contributed by atoms with Crippen LogP contribution in [-0.4, -0.2) is 35.2 Å². The Morgan fingerprint density at radius 1 is 0.925 bits per heavy atom. The monoisotopic (exact) mass is 556 g/mol. The van der Waals surface area contributed by atoms with Crippen LogP contribution in [0.2, 0.25) is 0 Å². The lowest BCUT2D eigenvalue weighted by Crippen LogP contribution is -2.57. The van der Waals surface area contributed by atoms with E-state index in [2.05, 4.69) is 41.5 Å². The molecule has 0 aromatic heterocycles. The molecule has 8 atom stereocenters. The van der Waals surface area contributed by atoms with E-state index >= 15 is 0 Å². The maximum Gasteiger partial charge on any atom is 0.330 e. The van der Waals surface area contributed by atoms with Gasteiger partial charge in [-0.2, -0.15) is 0 Å². The standard InChI is InChI=1S/C34H52O6/c1-20(11-10-12-21(2)30(37)38)26-19-29(40-23(4)36)34(9)25-13-14-27-31(5,6)28(39-22(3)35)16-17-32(27,7)24(25)15-18-33(26,34)8/h12,20,26-29H,10-11,13-19H2,1-9H3,(H,37,38)/b21-12-. The Kier molecular flexibility index (Phi) is 8.19. The number of rotatable bonds is 7. The van der Waals surface area contributed by atoms with E-state index in [1.807, 2.05) is 6.08 Å². The molecule has 0 aromatic carbocycles. The zero-order chi connectivity index (χ0) is 29.8. The molecule has 8 unspecified atom stereocenters. The van der Waals surface area contributed by atoms with Crippen LogP contribution in [-0.2, 0) is 23.9 Å². The molecule has 40 heavy (non-hydrogen) atoms. The third-order valence-electron chi connectivity index (χ3n) is 12.5. The molecular weight excluding hydrogens is 504 g/mol. The summed E-state index contributed by atoms with van der Waals surface area (Å²) in [6, 6.07) is 0. The van der Waals surface area contributed by atoms with Crippen LogP contribution in [0.15, 0.2) is 22.8 Å². The van der Waals surface area contributed by atoms with E-state index in [0.717, 1.165) is 57.8 Å². The summed E-state index contributed by atoms with van der Waals surface area (Å²) < 4.78 is 12.1. The van der Waals surface area contributed by atoms with E-state index in [1.54, 1.807) is 12.5 Å². The molecule has 6 heteroatoms. The van der Waals surface area contributed by atoms with Gasteiger partial charge in [-0.1, -0.05) is 58.8 Å². The number of allylic oxidation sites excluding steroid dienone is 2. The molecule has 6 nitrogen and oxygen atoms in total. The lowest BCUT2D eigenvalue weighted by molar-refractivity contribution is -0.168. The van der Waals surface area contributed by atoms with Crippen molar-refractivity contribution in [2.45, 2.75) is 132 Å². The highest BCUT2D eigenvalue weighted by molar-refractivity contribution is 5.85. The number of ether oxygens (including phenoxy) is 2. The molecule has 0 saturated heterocycles. The molecule has 224 valence electrons. The molecule has 2 saturated carbocycles. The van der Waals surface area contributed by atoms with E-state index < -0.39 is 5.97 Å². The fourth-order valence-corrected chi connectivity index (χ4v) is 10.2. The average Bonchev–Trinajstić information content (AvgIpc) is 3.07. The van der Waals surface area contributed by atoms with E-state index in [0.29, 0.717) is 23.3 Å². The highest BCUT2D eigenvalue weighted by Crippen LogP contribution is 2.73. The zero-order valence-corrected chi connectivity index (χ0v) is 26.3. The van der Waals surface area contributed by atoms with Crippen molar-refractivity contribution in [1.29, 1.82) is 0 Å². The second kappa shape index (κ2) is 10.6. The smallest absolute Gasteiger partial charge is 0.330 e. The van der Waals surface area contributed by atoms with Crippen LogP contribution in [0.1, 0.15) is 120 Å². The van der Waals surface area contributed by atoms with Gasteiger partial charge in [0.15, 0.2) is 0 Å². The molecule has 0 bridgehead atoms. The number of fused-ring (bicyclic) bond motifs is 4. The summed E-state index contributed by atoms with van der Waals surface area (Å²) in [6.07, 6.45) is 10.2. The molecule has 0 radical (unpaired) electrons. The highest BCUT2D eigenvalue weighted by atomic mass is 16.5. The Balaban J connectivity index is 1.71. The Morgan fingerprint density at radius 3 is 2.15 bits per heavy atom. The van der Waals surface area contributed by atoms with Crippen LogP contribution in [0.3, 0.4) is 0 Å². The first-order valence-electron chi connectivity index (χ1n) is 15.5. The van der Waals surface area contributed by atoms with Gasteiger partial charge in [0.2, 0.25) is 0 Å². The Bertz CT molecular complexity index is 1120. The van der Waals surface area contributed by atoms with E-state index in [1.165, 1.54) is 19.4 Å². The Morgan fingerprint density at radius 2 is 1.55 bits per heavy atom. The van der Waals surface area contributed by atoms with Crippen molar-refractivity contribution in [3.8, 4) is 0 Å². The molecular formula is C34H52O6. The topological polar surface area (TPSA) is 89.9 Å². The first-order chi connectivity index (χ1) is 18.5. The van der Waals surface area contributed by atoms with Crippen LogP contribution in [0.5, 0.6) is 0 Å². The minimum Gasteiger partial charge on any atom is -0.478 e. The summed E-state index contributed by atoms with van der Waals surface area (Å²) in [4.78, 5) is 35.6. The highest BCUT2D eigenvalue weighted by Gasteiger charge is 2.67. The predicted molar refractivity (Wildman–Crippen MR) is 155 cm³/mol. The van der Waals surface area contributed by atoms with Gasteiger partial charge in [-0.05, 0) is 93.3 Å². The van der Waals surface area contributed by atoms with Gasteiger partial charge in [-0.3, -0.25) is 9.59 Å². The summed E-state index contributed by atoms with van der Waals surface area (Å²) in [5, 5.41) is 9.26. The fourth-order valence-electron chi connectivity index (χ4n) is 10.2. The predicted octanol–water partition coefficient (Wildman–Crippen LogP) is 7.66. The lowest BCUT2D eigenvalue weighted by atomic mass is 9.43. The summed E-state index contributed by atoms with van der Waals surface area (Å²) in [5.41, 5.74) is 3.21. The number of carboxylic acid groups (broad SMARTS) is 1. The minimum atomic E-state index is -0.858. The number of carboxylic acids is 1. The number of carbonyl (C=O) groups is 3. The number of hydrogen-bond donors (Lipinski definition) is 1. The molecule has 0 aliphatic heterocycles.